The quantitative estimate of drug-likeness (QED) is 0.779. The molecule has 0 aliphatic heterocycles. The molecule has 0 spiro atoms. The van der Waals surface area contributed by atoms with Gasteiger partial charge >= 0.3 is 0 Å². The Morgan fingerprint density at radius 3 is 2.41 bits per heavy atom. The smallest absolute Gasteiger partial charge is 0.0961 e. The molecule has 92 valence electrons. The molecule has 0 aliphatic rings. The molecule has 1 N–H and O–H groups in total. The van der Waals surface area contributed by atoms with Crippen molar-refractivity contribution in [3.8, 4) is 6.07 Å². The van der Waals surface area contributed by atoms with E-state index in [1.165, 1.54) is 10.5 Å². The Balaban J connectivity index is 2.65. The molecule has 0 radical (unpaired) electrons. The fourth-order valence-corrected chi connectivity index (χ4v) is 2.47. The van der Waals surface area contributed by atoms with Crippen LogP contribution in [0, 0.1) is 11.3 Å². The SMILES string of the molecule is CCNC(C)c1ccc(SC(C#N)CC)cc1. The van der Waals surface area contributed by atoms with Gasteiger partial charge in [-0.1, -0.05) is 26.0 Å². The topological polar surface area (TPSA) is 35.8 Å². The third kappa shape index (κ3) is 4.41. The van der Waals surface area contributed by atoms with Gasteiger partial charge in [0.1, 0.15) is 0 Å². The van der Waals surface area contributed by atoms with E-state index in [2.05, 4.69) is 49.5 Å². The molecule has 0 saturated heterocycles. The lowest BCUT2D eigenvalue weighted by Gasteiger charge is -2.13. The van der Waals surface area contributed by atoms with Crippen molar-refractivity contribution in [2.45, 2.75) is 43.4 Å². The number of nitriles is 1. The maximum Gasteiger partial charge on any atom is 0.0961 e. The van der Waals surface area contributed by atoms with Gasteiger partial charge in [-0.3, -0.25) is 0 Å². The zero-order chi connectivity index (χ0) is 12.7. The highest BCUT2D eigenvalue weighted by atomic mass is 32.2. The van der Waals surface area contributed by atoms with Crippen LogP contribution in [0.4, 0.5) is 0 Å². The number of thioether (sulfide) groups is 1. The zero-order valence-corrected chi connectivity index (χ0v) is 11.6. The zero-order valence-electron chi connectivity index (χ0n) is 10.7. The Labute approximate surface area is 108 Å². The van der Waals surface area contributed by atoms with Crippen LogP contribution in [0.15, 0.2) is 29.2 Å². The highest BCUT2D eigenvalue weighted by Crippen LogP contribution is 2.26. The Bertz CT molecular complexity index is 367. The second kappa shape index (κ2) is 7.37. The number of hydrogen-bond donors (Lipinski definition) is 1. The van der Waals surface area contributed by atoms with Gasteiger partial charge in [0.2, 0.25) is 0 Å². The first-order valence-electron chi connectivity index (χ1n) is 6.10. The first-order chi connectivity index (χ1) is 8.21. The lowest BCUT2D eigenvalue weighted by molar-refractivity contribution is 0.598. The van der Waals surface area contributed by atoms with Gasteiger partial charge in [0.05, 0.1) is 11.3 Å². The Morgan fingerprint density at radius 2 is 1.94 bits per heavy atom. The third-order valence-electron chi connectivity index (χ3n) is 2.68. The first-order valence-corrected chi connectivity index (χ1v) is 6.98. The van der Waals surface area contributed by atoms with Crippen LogP contribution in [0.2, 0.25) is 0 Å². The number of nitrogens with zero attached hydrogens (tertiary/aromatic N) is 1. The average molecular weight is 248 g/mol. The van der Waals surface area contributed by atoms with Crippen molar-refractivity contribution in [2.75, 3.05) is 6.54 Å². The molecule has 3 heteroatoms. The van der Waals surface area contributed by atoms with E-state index in [-0.39, 0.29) is 5.25 Å². The van der Waals surface area contributed by atoms with Gasteiger partial charge in [-0.05, 0) is 37.6 Å². The fourth-order valence-electron chi connectivity index (χ4n) is 1.62. The minimum atomic E-state index is 0.0621. The average Bonchev–Trinajstić information content (AvgIpc) is 2.37. The molecule has 17 heavy (non-hydrogen) atoms. The number of hydrogen-bond acceptors (Lipinski definition) is 3. The molecule has 1 aromatic rings. The molecular formula is C14H20N2S. The van der Waals surface area contributed by atoms with E-state index in [4.69, 9.17) is 5.26 Å². The van der Waals surface area contributed by atoms with E-state index < -0.39 is 0 Å². The van der Waals surface area contributed by atoms with Gasteiger partial charge in [0.15, 0.2) is 0 Å². The summed E-state index contributed by atoms with van der Waals surface area (Å²) >= 11 is 1.64. The van der Waals surface area contributed by atoms with E-state index in [9.17, 15) is 0 Å². The summed E-state index contributed by atoms with van der Waals surface area (Å²) in [4.78, 5) is 1.17. The summed E-state index contributed by atoms with van der Waals surface area (Å²) in [6, 6.07) is 11.2. The van der Waals surface area contributed by atoms with E-state index >= 15 is 0 Å². The molecule has 2 unspecified atom stereocenters. The second-order valence-electron chi connectivity index (χ2n) is 3.99. The van der Waals surface area contributed by atoms with Gasteiger partial charge in [0.25, 0.3) is 0 Å². The molecule has 2 nitrogen and oxygen atoms in total. The molecule has 1 rings (SSSR count). The van der Waals surface area contributed by atoms with Crippen molar-refractivity contribution in [3.05, 3.63) is 29.8 Å². The first kappa shape index (κ1) is 14.1. The lowest BCUT2D eigenvalue weighted by atomic mass is 10.1. The normalized spacial score (nSPS) is 14.0. The fraction of sp³-hybridized carbons (Fsp3) is 0.500. The van der Waals surface area contributed by atoms with Crippen molar-refractivity contribution in [2.24, 2.45) is 0 Å². The number of nitrogens with one attached hydrogen (secondary N) is 1. The van der Waals surface area contributed by atoms with Crippen molar-refractivity contribution in [1.82, 2.24) is 5.32 Å². The van der Waals surface area contributed by atoms with E-state index in [1.54, 1.807) is 11.8 Å². The van der Waals surface area contributed by atoms with Crippen LogP contribution in [0.3, 0.4) is 0 Å². The molecule has 0 aromatic heterocycles. The summed E-state index contributed by atoms with van der Waals surface area (Å²) < 4.78 is 0. The Hall–Kier alpha value is -0.980. The predicted molar refractivity (Wildman–Crippen MR) is 74.1 cm³/mol. The molecule has 0 saturated carbocycles. The summed E-state index contributed by atoms with van der Waals surface area (Å²) in [7, 11) is 0. The Kier molecular flexibility index (Phi) is 6.10. The van der Waals surface area contributed by atoms with Crippen LogP contribution >= 0.6 is 11.8 Å². The van der Waals surface area contributed by atoms with Gasteiger partial charge in [-0.25, -0.2) is 0 Å². The van der Waals surface area contributed by atoms with Gasteiger partial charge in [0, 0.05) is 10.9 Å². The summed E-state index contributed by atoms with van der Waals surface area (Å²) in [6.45, 7) is 7.29. The van der Waals surface area contributed by atoms with Gasteiger partial charge < -0.3 is 5.32 Å². The predicted octanol–water partition coefficient (Wildman–Crippen LogP) is 3.75. The van der Waals surface area contributed by atoms with Crippen molar-refractivity contribution >= 4 is 11.8 Å². The summed E-state index contributed by atoms with van der Waals surface area (Å²) in [5.74, 6) is 0. The van der Waals surface area contributed by atoms with Crippen LogP contribution in [0.1, 0.15) is 38.8 Å². The third-order valence-corrected chi connectivity index (χ3v) is 3.95. The molecule has 0 fully saturated rings. The maximum atomic E-state index is 8.92. The summed E-state index contributed by atoms with van der Waals surface area (Å²) in [5.41, 5.74) is 1.29. The molecule has 0 bridgehead atoms. The van der Waals surface area contributed by atoms with Gasteiger partial charge in [-0.2, -0.15) is 5.26 Å². The van der Waals surface area contributed by atoms with Crippen LogP contribution in [0.25, 0.3) is 0 Å². The molecular weight excluding hydrogens is 228 g/mol. The minimum Gasteiger partial charge on any atom is -0.310 e. The molecule has 1 aromatic carbocycles. The molecule has 0 heterocycles. The largest absolute Gasteiger partial charge is 0.310 e. The monoisotopic (exact) mass is 248 g/mol. The lowest BCUT2D eigenvalue weighted by Crippen LogP contribution is -2.17. The standard InChI is InChI=1S/C14H20N2S/c1-4-13(10-15)17-14-8-6-12(7-9-14)11(3)16-5-2/h6-9,11,13,16H,4-5H2,1-3H3. The number of rotatable bonds is 6. The van der Waals surface area contributed by atoms with E-state index in [1.807, 2.05) is 6.92 Å². The maximum absolute atomic E-state index is 8.92. The highest BCUT2D eigenvalue weighted by molar-refractivity contribution is 8.00. The second-order valence-corrected chi connectivity index (χ2v) is 5.27. The van der Waals surface area contributed by atoms with Gasteiger partial charge in [-0.15, -0.1) is 11.8 Å². The number of benzene rings is 1. The molecule has 0 aliphatic carbocycles. The van der Waals surface area contributed by atoms with Crippen LogP contribution in [0.5, 0.6) is 0 Å². The van der Waals surface area contributed by atoms with Crippen LogP contribution in [-0.2, 0) is 0 Å². The molecule has 2 atom stereocenters. The van der Waals surface area contributed by atoms with E-state index in [0.29, 0.717) is 6.04 Å². The summed E-state index contributed by atoms with van der Waals surface area (Å²) in [5, 5.41) is 12.4. The molecule has 0 amide bonds. The Morgan fingerprint density at radius 1 is 1.29 bits per heavy atom. The van der Waals surface area contributed by atoms with E-state index in [0.717, 1.165) is 13.0 Å². The highest BCUT2D eigenvalue weighted by Gasteiger charge is 2.07. The minimum absolute atomic E-state index is 0.0621. The van der Waals surface area contributed by atoms with Crippen LogP contribution < -0.4 is 5.32 Å². The van der Waals surface area contributed by atoms with Crippen molar-refractivity contribution in [3.63, 3.8) is 0 Å². The van der Waals surface area contributed by atoms with Crippen molar-refractivity contribution < 1.29 is 0 Å². The van der Waals surface area contributed by atoms with Crippen molar-refractivity contribution in [1.29, 1.82) is 5.26 Å². The summed E-state index contributed by atoms with van der Waals surface area (Å²) in [6.07, 6.45) is 0.886. The van der Waals surface area contributed by atoms with Crippen LogP contribution in [-0.4, -0.2) is 11.8 Å².